The molecule has 0 aromatic heterocycles. The van der Waals surface area contributed by atoms with Gasteiger partial charge in [-0.1, -0.05) is 70.3 Å². The monoisotopic (exact) mass is 626 g/mol. The van der Waals surface area contributed by atoms with Crippen molar-refractivity contribution in [2.45, 2.75) is 25.3 Å². The number of aliphatic imine (C=N–C) groups is 1. The molecule has 1 aliphatic carbocycles. The minimum Gasteiger partial charge on any atom is -0.486 e. The SMILES string of the molecule is Clc1ccc(/C=C2\CCCC3=C2N=C2SC=C(c4ccc5c(c4)OCCO5)N2C3c2ccc(Cl)cc2Cl)c(Cl)c1. The zero-order valence-electron chi connectivity index (χ0n) is 21.1. The molecule has 3 aliphatic heterocycles. The van der Waals surface area contributed by atoms with Gasteiger partial charge >= 0.3 is 0 Å². The standard InChI is InChI=1S/C31H22Cl4N2O2S/c32-20-6-4-17(24(34)14-20)12-19-2-1-3-23-29(19)36-31-37(30(23)22-8-7-21(33)15-25(22)35)26(16-40-31)18-5-9-27-28(13-18)39-11-10-38-27/h4-9,12-16,30H,1-3,10-11H2/b19-12+. The van der Waals surface area contributed by atoms with E-state index in [0.29, 0.717) is 33.3 Å². The van der Waals surface area contributed by atoms with Crippen molar-refractivity contribution in [3.63, 3.8) is 0 Å². The lowest BCUT2D eigenvalue weighted by atomic mass is 9.82. The highest BCUT2D eigenvalue weighted by Crippen LogP contribution is 2.53. The number of benzene rings is 3. The van der Waals surface area contributed by atoms with Crippen molar-refractivity contribution >= 4 is 75.1 Å². The van der Waals surface area contributed by atoms with Gasteiger partial charge in [0.2, 0.25) is 0 Å². The zero-order valence-corrected chi connectivity index (χ0v) is 24.9. The van der Waals surface area contributed by atoms with Crippen molar-refractivity contribution in [1.82, 2.24) is 4.90 Å². The molecule has 0 saturated heterocycles. The average molecular weight is 628 g/mol. The van der Waals surface area contributed by atoms with Crippen molar-refractivity contribution < 1.29 is 9.47 Å². The number of fused-ring (bicyclic) bond motifs is 2. The van der Waals surface area contributed by atoms with Crippen molar-refractivity contribution in [3.8, 4) is 11.5 Å². The molecule has 9 heteroatoms. The Labute approximate surface area is 256 Å². The lowest BCUT2D eigenvalue weighted by Gasteiger charge is -2.40. The Morgan fingerprint density at radius 1 is 0.850 bits per heavy atom. The largest absolute Gasteiger partial charge is 0.486 e. The predicted molar refractivity (Wildman–Crippen MR) is 167 cm³/mol. The molecule has 3 aromatic rings. The molecule has 202 valence electrons. The molecule has 1 atom stereocenters. The maximum atomic E-state index is 6.89. The normalized spacial score (nSPS) is 20.8. The van der Waals surface area contributed by atoms with Crippen molar-refractivity contribution in [3.05, 3.63) is 114 Å². The van der Waals surface area contributed by atoms with Gasteiger partial charge in [-0.2, -0.15) is 0 Å². The van der Waals surface area contributed by atoms with Crippen LogP contribution in [0.4, 0.5) is 0 Å². The molecule has 0 amide bonds. The minimum absolute atomic E-state index is 0.147. The van der Waals surface area contributed by atoms with Gasteiger partial charge in [-0.25, -0.2) is 4.99 Å². The van der Waals surface area contributed by atoms with E-state index in [4.69, 9.17) is 60.9 Å². The van der Waals surface area contributed by atoms with Crippen LogP contribution in [0.15, 0.2) is 81.8 Å². The summed E-state index contributed by atoms with van der Waals surface area (Å²) in [6.07, 6.45) is 4.94. The maximum Gasteiger partial charge on any atom is 0.174 e. The topological polar surface area (TPSA) is 34.1 Å². The summed E-state index contributed by atoms with van der Waals surface area (Å²) in [6, 6.07) is 17.3. The maximum absolute atomic E-state index is 6.89. The number of hydrogen-bond acceptors (Lipinski definition) is 5. The summed E-state index contributed by atoms with van der Waals surface area (Å²) in [5.41, 5.74) is 7.36. The smallest absolute Gasteiger partial charge is 0.174 e. The summed E-state index contributed by atoms with van der Waals surface area (Å²) in [7, 11) is 0. The summed E-state index contributed by atoms with van der Waals surface area (Å²) in [5, 5.41) is 5.51. The van der Waals surface area contributed by atoms with Crippen molar-refractivity contribution in [2.75, 3.05) is 13.2 Å². The third-order valence-electron chi connectivity index (χ3n) is 7.43. The third-order valence-corrected chi connectivity index (χ3v) is 9.39. The molecule has 1 unspecified atom stereocenters. The van der Waals surface area contributed by atoms with E-state index in [-0.39, 0.29) is 6.04 Å². The molecule has 7 rings (SSSR count). The first kappa shape index (κ1) is 26.4. The Kier molecular flexibility index (Phi) is 7.05. The molecule has 0 N–H and O–H groups in total. The second-order valence-electron chi connectivity index (χ2n) is 9.87. The summed E-state index contributed by atoms with van der Waals surface area (Å²) in [5.74, 6) is 1.51. The van der Waals surface area contributed by atoms with Crippen LogP contribution >= 0.6 is 58.2 Å². The third kappa shape index (κ3) is 4.72. The highest BCUT2D eigenvalue weighted by Gasteiger charge is 2.41. The van der Waals surface area contributed by atoms with E-state index in [0.717, 1.165) is 69.6 Å². The van der Waals surface area contributed by atoms with Crippen LogP contribution < -0.4 is 9.47 Å². The zero-order chi connectivity index (χ0) is 27.4. The first-order valence-electron chi connectivity index (χ1n) is 12.9. The molecule has 0 radical (unpaired) electrons. The number of amidine groups is 1. The number of rotatable bonds is 3. The van der Waals surface area contributed by atoms with Gasteiger partial charge in [0.05, 0.1) is 17.4 Å². The second kappa shape index (κ2) is 10.7. The molecular weight excluding hydrogens is 606 g/mol. The predicted octanol–water partition coefficient (Wildman–Crippen LogP) is 10.1. The number of hydrogen-bond donors (Lipinski definition) is 0. The van der Waals surface area contributed by atoms with Crippen LogP contribution in [0.5, 0.6) is 11.5 Å². The van der Waals surface area contributed by atoms with E-state index in [2.05, 4.69) is 22.5 Å². The minimum atomic E-state index is -0.147. The lowest BCUT2D eigenvalue weighted by molar-refractivity contribution is 0.171. The molecule has 0 fully saturated rings. The highest BCUT2D eigenvalue weighted by atomic mass is 35.5. The number of thioether (sulfide) groups is 1. The molecular formula is C31H22Cl4N2O2S. The van der Waals surface area contributed by atoms with Crippen LogP contribution in [-0.4, -0.2) is 23.3 Å². The van der Waals surface area contributed by atoms with Crippen LogP contribution in [0.25, 0.3) is 11.8 Å². The number of nitrogens with zero attached hydrogens (tertiary/aromatic N) is 2. The average Bonchev–Trinajstić information content (AvgIpc) is 3.37. The van der Waals surface area contributed by atoms with E-state index in [1.807, 2.05) is 42.5 Å². The lowest BCUT2D eigenvalue weighted by Crippen LogP contribution is -2.35. The molecule has 4 nitrogen and oxygen atoms in total. The molecule has 0 bridgehead atoms. The summed E-state index contributed by atoms with van der Waals surface area (Å²) < 4.78 is 11.7. The first-order valence-corrected chi connectivity index (χ1v) is 15.3. The van der Waals surface area contributed by atoms with Gasteiger partial charge in [0, 0.05) is 31.1 Å². The Hall–Kier alpha value is -2.54. The van der Waals surface area contributed by atoms with E-state index in [1.165, 1.54) is 5.57 Å². The Bertz CT molecular complexity index is 1680. The Morgan fingerprint density at radius 2 is 1.62 bits per heavy atom. The Morgan fingerprint density at radius 3 is 2.42 bits per heavy atom. The molecule has 3 aromatic carbocycles. The van der Waals surface area contributed by atoms with Crippen LogP contribution in [0, 0.1) is 0 Å². The molecule has 40 heavy (non-hydrogen) atoms. The van der Waals surface area contributed by atoms with Gasteiger partial charge in [-0.3, -0.25) is 0 Å². The summed E-state index contributed by atoms with van der Waals surface area (Å²) >= 11 is 27.6. The van der Waals surface area contributed by atoms with E-state index < -0.39 is 0 Å². The van der Waals surface area contributed by atoms with Crippen LogP contribution in [0.3, 0.4) is 0 Å². The fourth-order valence-electron chi connectivity index (χ4n) is 5.64. The molecule has 3 heterocycles. The van der Waals surface area contributed by atoms with Gasteiger partial charge in [0.1, 0.15) is 13.2 Å². The first-order chi connectivity index (χ1) is 19.5. The summed E-state index contributed by atoms with van der Waals surface area (Å²) in [6.45, 7) is 1.09. The van der Waals surface area contributed by atoms with Gasteiger partial charge < -0.3 is 14.4 Å². The molecule has 4 aliphatic rings. The fourth-order valence-corrected chi connectivity index (χ4v) is 7.54. The van der Waals surface area contributed by atoms with Crippen molar-refractivity contribution in [1.29, 1.82) is 0 Å². The van der Waals surface area contributed by atoms with Gasteiger partial charge in [-0.15, -0.1) is 0 Å². The van der Waals surface area contributed by atoms with Crippen molar-refractivity contribution in [2.24, 2.45) is 4.99 Å². The molecule has 0 saturated carbocycles. The van der Waals surface area contributed by atoms with E-state index in [9.17, 15) is 0 Å². The van der Waals surface area contributed by atoms with Gasteiger partial charge in [0.15, 0.2) is 16.7 Å². The second-order valence-corrected chi connectivity index (χ2v) is 12.4. The summed E-state index contributed by atoms with van der Waals surface area (Å²) in [4.78, 5) is 7.54. The molecule has 0 spiro atoms. The van der Waals surface area contributed by atoms with Crippen LogP contribution in [0.1, 0.15) is 42.0 Å². The van der Waals surface area contributed by atoms with E-state index in [1.54, 1.807) is 17.8 Å². The highest BCUT2D eigenvalue weighted by molar-refractivity contribution is 8.16. The number of allylic oxidation sites excluding steroid dienone is 1. The van der Waals surface area contributed by atoms with Crippen LogP contribution in [0.2, 0.25) is 20.1 Å². The quantitative estimate of drug-likeness (QED) is 0.289. The Balaban J connectivity index is 1.37. The van der Waals surface area contributed by atoms with Gasteiger partial charge in [0.25, 0.3) is 0 Å². The number of halogens is 4. The van der Waals surface area contributed by atoms with Gasteiger partial charge in [-0.05, 0) is 90.1 Å². The van der Waals surface area contributed by atoms with E-state index >= 15 is 0 Å². The fraction of sp³-hybridized carbons (Fsp3) is 0.194. The number of ether oxygens (including phenoxy) is 2. The van der Waals surface area contributed by atoms with Crippen LogP contribution in [-0.2, 0) is 0 Å².